The summed E-state index contributed by atoms with van der Waals surface area (Å²) in [7, 11) is -3.09. The van der Waals surface area contributed by atoms with E-state index in [0.717, 1.165) is 0 Å². The summed E-state index contributed by atoms with van der Waals surface area (Å²) >= 11 is 0. The van der Waals surface area contributed by atoms with Gasteiger partial charge in [-0.25, -0.2) is 13.2 Å². The SMILES string of the molecule is C[C@@H](NC(=O)NCC1CCCS1(=O)=O)C(=O)O. The molecule has 0 bridgehead atoms. The molecule has 2 amide bonds. The third-order valence-electron chi connectivity index (χ3n) is 2.67. The van der Waals surface area contributed by atoms with Crippen molar-refractivity contribution in [2.24, 2.45) is 0 Å². The Hall–Kier alpha value is -1.31. The van der Waals surface area contributed by atoms with Crippen molar-refractivity contribution in [3.63, 3.8) is 0 Å². The first kappa shape index (κ1) is 13.8. The van der Waals surface area contributed by atoms with Gasteiger partial charge >= 0.3 is 12.0 Å². The predicted octanol–water partition coefficient (Wildman–Crippen LogP) is -0.664. The quantitative estimate of drug-likeness (QED) is 0.623. The Bertz CT molecular complexity index is 406. The summed E-state index contributed by atoms with van der Waals surface area (Å²) in [5, 5.41) is 12.6. The van der Waals surface area contributed by atoms with Crippen LogP contribution >= 0.6 is 0 Å². The van der Waals surface area contributed by atoms with E-state index in [1.807, 2.05) is 0 Å². The molecule has 1 rings (SSSR count). The summed E-state index contributed by atoms with van der Waals surface area (Å²) in [4.78, 5) is 21.7. The fourth-order valence-corrected chi connectivity index (χ4v) is 3.37. The number of hydrogen-bond acceptors (Lipinski definition) is 4. The van der Waals surface area contributed by atoms with Gasteiger partial charge in [-0.15, -0.1) is 0 Å². The zero-order chi connectivity index (χ0) is 13.1. The third-order valence-corrected chi connectivity index (χ3v) is 4.95. The molecule has 1 heterocycles. The van der Waals surface area contributed by atoms with Gasteiger partial charge < -0.3 is 15.7 Å². The van der Waals surface area contributed by atoms with Gasteiger partial charge in [-0.3, -0.25) is 4.79 Å². The highest BCUT2D eigenvalue weighted by atomic mass is 32.2. The number of hydrogen-bond donors (Lipinski definition) is 3. The lowest BCUT2D eigenvalue weighted by Crippen LogP contribution is -2.46. The molecule has 1 aliphatic heterocycles. The molecule has 0 aromatic heterocycles. The summed E-state index contributed by atoms with van der Waals surface area (Å²) in [6, 6.07) is -1.67. The van der Waals surface area contributed by atoms with Crippen molar-refractivity contribution in [3.8, 4) is 0 Å². The van der Waals surface area contributed by atoms with Crippen molar-refractivity contribution in [1.82, 2.24) is 10.6 Å². The van der Waals surface area contributed by atoms with E-state index in [1.54, 1.807) is 0 Å². The van der Waals surface area contributed by atoms with Crippen molar-refractivity contribution >= 4 is 21.8 Å². The zero-order valence-corrected chi connectivity index (χ0v) is 10.3. The second-order valence-corrected chi connectivity index (χ2v) is 6.45. The topological polar surface area (TPSA) is 113 Å². The van der Waals surface area contributed by atoms with Crippen molar-refractivity contribution in [2.75, 3.05) is 12.3 Å². The monoisotopic (exact) mass is 264 g/mol. The summed E-state index contributed by atoms with van der Waals surface area (Å²) in [5.41, 5.74) is 0. The summed E-state index contributed by atoms with van der Waals surface area (Å²) < 4.78 is 22.9. The maximum Gasteiger partial charge on any atom is 0.325 e. The molecule has 0 aromatic rings. The Labute approximate surface area is 99.5 Å². The van der Waals surface area contributed by atoms with Gasteiger partial charge in [0.1, 0.15) is 6.04 Å². The number of amides is 2. The lowest BCUT2D eigenvalue weighted by molar-refractivity contribution is -0.138. The molecule has 0 spiro atoms. The molecule has 7 nitrogen and oxygen atoms in total. The molecule has 3 N–H and O–H groups in total. The fourth-order valence-electron chi connectivity index (χ4n) is 1.60. The first-order valence-electron chi connectivity index (χ1n) is 5.31. The van der Waals surface area contributed by atoms with E-state index >= 15 is 0 Å². The number of carbonyl (C=O) groups excluding carboxylic acids is 1. The van der Waals surface area contributed by atoms with Gasteiger partial charge in [0.05, 0.1) is 11.0 Å². The Morgan fingerprint density at radius 2 is 2.12 bits per heavy atom. The van der Waals surface area contributed by atoms with Crippen LogP contribution in [0.4, 0.5) is 4.79 Å². The van der Waals surface area contributed by atoms with Crippen LogP contribution in [-0.2, 0) is 14.6 Å². The minimum absolute atomic E-state index is 0.0283. The predicted molar refractivity (Wildman–Crippen MR) is 60.4 cm³/mol. The maximum absolute atomic E-state index is 11.4. The highest BCUT2D eigenvalue weighted by Crippen LogP contribution is 2.18. The van der Waals surface area contributed by atoms with E-state index in [4.69, 9.17) is 5.11 Å². The molecular formula is C9H16N2O5S. The molecule has 2 atom stereocenters. The molecule has 1 fully saturated rings. The lowest BCUT2D eigenvalue weighted by atomic mass is 10.2. The largest absolute Gasteiger partial charge is 0.480 e. The molecule has 1 saturated heterocycles. The van der Waals surface area contributed by atoms with E-state index < -0.39 is 33.1 Å². The van der Waals surface area contributed by atoms with Gasteiger partial charge in [-0.2, -0.15) is 0 Å². The molecule has 0 radical (unpaired) electrons. The minimum atomic E-state index is -3.09. The maximum atomic E-state index is 11.4. The number of carbonyl (C=O) groups is 2. The average molecular weight is 264 g/mol. The summed E-state index contributed by atoms with van der Waals surface area (Å²) in [5.74, 6) is -0.986. The normalized spacial score (nSPS) is 23.9. The van der Waals surface area contributed by atoms with Crippen LogP contribution in [0.2, 0.25) is 0 Å². The van der Waals surface area contributed by atoms with Crippen LogP contribution in [0.1, 0.15) is 19.8 Å². The Kier molecular flexibility index (Phi) is 4.33. The Morgan fingerprint density at radius 1 is 1.47 bits per heavy atom. The first-order chi connectivity index (χ1) is 7.83. The van der Waals surface area contributed by atoms with E-state index in [-0.39, 0.29) is 12.3 Å². The standard InChI is InChI=1S/C9H16N2O5S/c1-6(8(12)13)11-9(14)10-5-7-3-2-4-17(7,15)16/h6-7H,2-5H2,1H3,(H,12,13)(H2,10,11,14)/t6-,7?/m1/s1. The van der Waals surface area contributed by atoms with Crippen LogP contribution in [-0.4, -0.2) is 49.1 Å². The van der Waals surface area contributed by atoms with Gasteiger partial charge in [-0.1, -0.05) is 0 Å². The van der Waals surface area contributed by atoms with Gasteiger partial charge in [0, 0.05) is 6.54 Å². The Morgan fingerprint density at radius 3 is 2.59 bits per heavy atom. The van der Waals surface area contributed by atoms with E-state index in [0.29, 0.717) is 12.8 Å². The second kappa shape index (κ2) is 5.35. The number of nitrogens with one attached hydrogen (secondary N) is 2. The van der Waals surface area contributed by atoms with E-state index in [2.05, 4.69) is 10.6 Å². The van der Waals surface area contributed by atoms with E-state index in [1.165, 1.54) is 6.92 Å². The third kappa shape index (κ3) is 3.88. The van der Waals surface area contributed by atoms with Crippen LogP contribution in [0.5, 0.6) is 0 Å². The van der Waals surface area contributed by atoms with Crippen molar-refractivity contribution in [1.29, 1.82) is 0 Å². The number of sulfone groups is 1. The highest BCUT2D eigenvalue weighted by molar-refractivity contribution is 7.92. The molecule has 0 aromatic carbocycles. The van der Waals surface area contributed by atoms with Gasteiger partial charge in [0.25, 0.3) is 0 Å². The van der Waals surface area contributed by atoms with Gasteiger partial charge in [-0.05, 0) is 19.8 Å². The molecule has 0 aliphatic carbocycles. The Balaban J connectivity index is 2.36. The van der Waals surface area contributed by atoms with Crippen molar-refractivity contribution in [3.05, 3.63) is 0 Å². The number of aliphatic carboxylic acids is 1. The molecule has 8 heteroatoms. The van der Waals surface area contributed by atoms with Crippen molar-refractivity contribution in [2.45, 2.75) is 31.1 Å². The number of carboxylic acid groups (broad SMARTS) is 1. The zero-order valence-electron chi connectivity index (χ0n) is 9.47. The van der Waals surface area contributed by atoms with Crippen molar-refractivity contribution < 1.29 is 23.1 Å². The van der Waals surface area contributed by atoms with Crippen LogP contribution in [0, 0.1) is 0 Å². The molecule has 1 aliphatic rings. The van der Waals surface area contributed by atoms with Crippen LogP contribution < -0.4 is 10.6 Å². The molecule has 17 heavy (non-hydrogen) atoms. The average Bonchev–Trinajstić information content (AvgIpc) is 2.54. The smallest absolute Gasteiger partial charge is 0.325 e. The fraction of sp³-hybridized carbons (Fsp3) is 0.778. The molecule has 0 saturated carbocycles. The van der Waals surface area contributed by atoms with E-state index in [9.17, 15) is 18.0 Å². The number of carboxylic acids is 1. The number of rotatable bonds is 4. The molecule has 98 valence electrons. The summed E-state index contributed by atoms with van der Waals surface area (Å²) in [6.07, 6.45) is 1.15. The minimum Gasteiger partial charge on any atom is -0.480 e. The molecular weight excluding hydrogens is 248 g/mol. The van der Waals surface area contributed by atoms with Crippen LogP contribution in [0.3, 0.4) is 0 Å². The molecule has 1 unspecified atom stereocenters. The number of urea groups is 1. The second-order valence-electron chi connectivity index (χ2n) is 4.05. The highest BCUT2D eigenvalue weighted by Gasteiger charge is 2.31. The van der Waals surface area contributed by atoms with Crippen LogP contribution in [0.15, 0.2) is 0 Å². The first-order valence-corrected chi connectivity index (χ1v) is 7.03. The van der Waals surface area contributed by atoms with Gasteiger partial charge in [0.15, 0.2) is 9.84 Å². The van der Waals surface area contributed by atoms with Crippen LogP contribution in [0.25, 0.3) is 0 Å². The van der Waals surface area contributed by atoms with Gasteiger partial charge in [0.2, 0.25) is 0 Å². The summed E-state index contributed by atoms with van der Waals surface area (Å²) in [6.45, 7) is 1.36. The lowest BCUT2D eigenvalue weighted by Gasteiger charge is -2.13.